The summed E-state index contributed by atoms with van der Waals surface area (Å²) >= 11 is 0. The molecular weight excluding hydrogens is 288 g/mol. The van der Waals surface area contributed by atoms with Crippen molar-refractivity contribution in [3.63, 3.8) is 0 Å². The lowest BCUT2D eigenvalue weighted by molar-refractivity contribution is -0.143. The van der Waals surface area contributed by atoms with E-state index in [1.54, 1.807) is 0 Å². The number of piperazine rings is 1. The molecule has 0 saturated carbocycles. The van der Waals surface area contributed by atoms with E-state index in [0.717, 1.165) is 31.7 Å². The quantitative estimate of drug-likeness (QED) is 0.943. The Kier molecular flexibility index (Phi) is 4.63. The lowest BCUT2D eigenvalue weighted by Gasteiger charge is -2.39. The number of carbonyl (C=O) groups is 1. The maximum Gasteiger partial charge on any atom is 0.325 e. The highest BCUT2D eigenvalue weighted by molar-refractivity contribution is 5.75. The summed E-state index contributed by atoms with van der Waals surface area (Å²) in [5.41, 5.74) is 3.32. The van der Waals surface area contributed by atoms with Crippen LogP contribution in [-0.4, -0.2) is 42.2 Å². The molecule has 3 rings (SSSR count). The Hall–Kier alpha value is -2.33. The van der Waals surface area contributed by atoms with Gasteiger partial charge in [-0.2, -0.15) is 0 Å². The standard InChI is InChI=1S/C19H22N2O2/c1-15-6-5-9-17(14-15)20-10-12-21(13-11-20)18(19(22)23)16-7-3-2-4-8-16/h2-9,14,18H,10-13H2,1H3,(H,22,23). The maximum absolute atomic E-state index is 11.7. The summed E-state index contributed by atoms with van der Waals surface area (Å²) in [7, 11) is 0. The predicted molar refractivity (Wildman–Crippen MR) is 91.8 cm³/mol. The van der Waals surface area contributed by atoms with E-state index in [0.29, 0.717) is 0 Å². The van der Waals surface area contributed by atoms with Crippen molar-refractivity contribution in [3.05, 3.63) is 65.7 Å². The van der Waals surface area contributed by atoms with Crippen molar-refractivity contribution in [2.24, 2.45) is 0 Å². The van der Waals surface area contributed by atoms with Crippen molar-refractivity contribution in [2.75, 3.05) is 31.1 Å². The van der Waals surface area contributed by atoms with Gasteiger partial charge in [-0.05, 0) is 30.2 Å². The maximum atomic E-state index is 11.7. The molecule has 1 saturated heterocycles. The van der Waals surface area contributed by atoms with Crippen LogP contribution in [0, 0.1) is 6.92 Å². The third-order valence-corrected chi connectivity index (χ3v) is 4.40. The normalized spacial score (nSPS) is 17.0. The first-order valence-electron chi connectivity index (χ1n) is 7.98. The molecule has 120 valence electrons. The van der Waals surface area contributed by atoms with Crippen LogP contribution < -0.4 is 4.90 Å². The first kappa shape index (κ1) is 15.6. The van der Waals surface area contributed by atoms with Crippen LogP contribution in [0.1, 0.15) is 17.2 Å². The first-order valence-corrected chi connectivity index (χ1v) is 7.98. The zero-order valence-electron chi connectivity index (χ0n) is 13.4. The molecule has 1 aliphatic rings. The number of anilines is 1. The van der Waals surface area contributed by atoms with E-state index in [1.165, 1.54) is 11.3 Å². The van der Waals surface area contributed by atoms with Crippen LogP contribution in [0.15, 0.2) is 54.6 Å². The van der Waals surface area contributed by atoms with Gasteiger partial charge in [0.05, 0.1) is 0 Å². The highest BCUT2D eigenvalue weighted by Gasteiger charge is 2.30. The van der Waals surface area contributed by atoms with Gasteiger partial charge in [0.25, 0.3) is 0 Å². The molecule has 2 aromatic rings. The smallest absolute Gasteiger partial charge is 0.325 e. The average Bonchev–Trinajstić information content (AvgIpc) is 2.56. The summed E-state index contributed by atoms with van der Waals surface area (Å²) in [5, 5.41) is 9.64. The molecule has 1 heterocycles. The van der Waals surface area contributed by atoms with E-state index < -0.39 is 12.0 Å². The Morgan fingerprint density at radius 1 is 1.00 bits per heavy atom. The van der Waals surface area contributed by atoms with E-state index in [1.807, 2.05) is 30.3 Å². The molecular formula is C19H22N2O2. The molecule has 1 atom stereocenters. The van der Waals surface area contributed by atoms with Crippen LogP contribution in [0.4, 0.5) is 5.69 Å². The van der Waals surface area contributed by atoms with Crippen LogP contribution in [0.2, 0.25) is 0 Å². The molecule has 1 N–H and O–H groups in total. The van der Waals surface area contributed by atoms with Gasteiger partial charge in [0.15, 0.2) is 0 Å². The average molecular weight is 310 g/mol. The lowest BCUT2D eigenvalue weighted by atomic mass is 10.0. The highest BCUT2D eigenvalue weighted by atomic mass is 16.4. The highest BCUT2D eigenvalue weighted by Crippen LogP contribution is 2.24. The molecule has 23 heavy (non-hydrogen) atoms. The number of carboxylic acids is 1. The van der Waals surface area contributed by atoms with E-state index in [-0.39, 0.29) is 0 Å². The molecule has 0 bridgehead atoms. The summed E-state index contributed by atoms with van der Waals surface area (Å²) in [4.78, 5) is 16.1. The van der Waals surface area contributed by atoms with E-state index in [2.05, 4.69) is 41.0 Å². The Labute approximate surface area is 137 Å². The monoisotopic (exact) mass is 310 g/mol. The van der Waals surface area contributed by atoms with Crippen LogP contribution in [-0.2, 0) is 4.79 Å². The van der Waals surface area contributed by atoms with Gasteiger partial charge in [0, 0.05) is 31.9 Å². The molecule has 0 radical (unpaired) electrons. The molecule has 1 aliphatic heterocycles. The minimum absolute atomic E-state index is 0.559. The second-order valence-corrected chi connectivity index (χ2v) is 6.01. The minimum Gasteiger partial charge on any atom is -0.480 e. The zero-order chi connectivity index (χ0) is 16.2. The van der Waals surface area contributed by atoms with E-state index >= 15 is 0 Å². The fraction of sp³-hybridized carbons (Fsp3) is 0.316. The Balaban J connectivity index is 1.71. The second kappa shape index (κ2) is 6.84. The Bertz CT molecular complexity index is 664. The molecule has 4 heteroatoms. The van der Waals surface area contributed by atoms with Gasteiger partial charge >= 0.3 is 5.97 Å². The molecule has 0 spiro atoms. The van der Waals surface area contributed by atoms with Crippen molar-refractivity contribution in [1.82, 2.24) is 4.90 Å². The largest absolute Gasteiger partial charge is 0.480 e. The van der Waals surface area contributed by atoms with Crippen molar-refractivity contribution in [3.8, 4) is 0 Å². The fourth-order valence-corrected chi connectivity index (χ4v) is 3.21. The number of carboxylic acid groups (broad SMARTS) is 1. The van der Waals surface area contributed by atoms with Gasteiger partial charge in [-0.15, -0.1) is 0 Å². The number of hydrogen-bond donors (Lipinski definition) is 1. The van der Waals surface area contributed by atoms with E-state index in [4.69, 9.17) is 0 Å². The van der Waals surface area contributed by atoms with Gasteiger partial charge in [-0.3, -0.25) is 9.69 Å². The van der Waals surface area contributed by atoms with Gasteiger partial charge in [-0.1, -0.05) is 42.5 Å². The van der Waals surface area contributed by atoms with Crippen LogP contribution in [0.3, 0.4) is 0 Å². The number of benzene rings is 2. The SMILES string of the molecule is Cc1cccc(N2CCN(C(C(=O)O)c3ccccc3)CC2)c1. The number of aliphatic carboxylic acids is 1. The van der Waals surface area contributed by atoms with E-state index in [9.17, 15) is 9.90 Å². The molecule has 0 aromatic heterocycles. The van der Waals surface area contributed by atoms with Crippen molar-refractivity contribution >= 4 is 11.7 Å². The molecule has 1 unspecified atom stereocenters. The lowest BCUT2D eigenvalue weighted by Crippen LogP contribution is -2.49. The van der Waals surface area contributed by atoms with Crippen LogP contribution in [0.25, 0.3) is 0 Å². The summed E-state index contributed by atoms with van der Waals surface area (Å²) in [5.74, 6) is -0.778. The molecule has 0 aliphatic carbocycles. The molecule has 1 fully saturated rings. The Morgan fingerprint density at radius 3 is 2.30 bits per heavy atom. The molecule has 0 amide bonds. The molecule has 4 nitrogen and oxygen atoms in total. The third kappa shape index (κ3) is 3.54. The summed E-state index contributed by atoms with van der Waals surface area (Å²) in [6.07, 6.45) is 0. The predicted octanol–water partition coefficient (Wildman–Crippen LogP) is 2.94. The zero-order valence-corrected chi connectivity index (χ0v) is 13.4. The summed E-state index contributed by atoms with van der Waals surface area (Å²) in [6, 6.07) is 17.4. The van der Waals surface area contributed by atoms with Gasteiger partial charge in [-0.25, -0.2) is 0 Å². The number of rotatable bonds is 4. The first-order chi connectivity index (χ1) is 11.1. The van der Waals surface area contributed by atoms with Crippen molar-refractivity contribution in [2.45, 2.75) is 13.0 Å². The summed E-state index contributed by atoms with van der Waals surface area (Å²) < 4.78 is 0. The van der Waals surface area contributed by atoms with Crippen molar-refractivity contribution < 1.29 is 9.90 Å². The van der Waals surface area contributed by atoms with Gasteiger partial charge in [0.2, 0.25) is 0 Å². The molecule has 2 aromatic carbocycles. The number of aryl methyl sites for hydroxylation is 1. The summed E-state index contributed by atoms with van der Waals surface area (Å²) in [6.45, 7) is 5.29. The Morgan fingerprint density at radius 2 is 1.70 bits per heavy atom. The topological polar surface area (TPSA) is 43.8 Å². The van der Waals surface area contributed by atoms with Gasteiger partial charge in [0.1, 0.15) is 6.04 Å². The van der Waals surface area contributed by atoms with Crippen molar-refractivity contribution in [1.29, 1.82) is 0 Å². The number of hydrogen-bond acceptors (Lipinski definition) is 3. The minimum atomic E-state index is -0.778. The van der Waals surface area contributed by atoms with Crippen LogP contribution >= 0.6 is 0 Å². The van der Waals surface area contributed by atoms with Crippen LogP contribution in [0.5, 0.6) is 0 Å². The third-order valence-electron chi connectivity index (χ3n) is 4.40. The second-order valence-electron chi connectivity index (χ2n) is 6.01. The number of nitrogens with zero attached hydrogens (tertiary/aromatic N) is 2. The van der Waals surface area contributed by atoms with Gasteiger partial charge < -0.3 is 10.0 Å². The fourth-order valence-electron chi connectivity index (χ4n) is 3.21.